The van der Waals surface area contributed by atoms with Crippen LogP contribution in [0.1, 0.15) is 22.3 Å². The summed E-state index contributed by atoms with van der Waals surface area (Å²) in [7, 11) is -4.42. The fourth-order valence-electron chi connectivity index (χ4n) is 4.11. The zero-order valence-electron chi connectivity index (χ0n) is 16.0. The van der Waals surface area contributed by atoms with Gasteiger partial charge in [-0.2, -0.15) is 8.42 Å². The molecule has 1 unspecified atom stereocenters. The Hall–Kier alpha value is -2.95. The van der Waals surface area contributed by atoms with Crippen LogP contribution in [0.25, 0.3) is 10.5 Å². The van der Waals surface area contributed by atoms with Crippen LogP contribution in [-0.2, 0) is 23.0 Å². The van der Waals surface area contributed by atoms with Gasteiger partial charge in [-0.1, -0.05) is 91.5 Å². The van der Waals surface area contributed by atoms with Crippen molar-refractivity contribution in [2.75, 3.05) is 0 Å². The van der Waals surface area contributed by atoms with Crippen LogP contribution in [0.2, 0.25) is 0 Å². The van der Waals surface area contributed by atoms with E-state index in [0.29, 0.717) is 24.0 Å². The van der Waals surface area contributed by atoms with E-state index in [2.05, 4.69) is 6.58 Å². The number of fused-ring (bicyclic) bond motifs is 1. The molecule has 0 radical (unpaired) electrons. The molecule has 1 aliphatic rings. The first kappa shape index (κ1) is 19.4. The van der Waals surface area contributed by atoms with Crippen LogP contribution in [0.5, 0.6) is 0 Å². The molecule has 1 N–H and O–H groups in total. The first-order chi connectivity index (χ1) is 13.9. The van der Waals surface area contributed by atoms with Crippen molar-refractivity contribution in [2.24, 2.45) is 5.92 Å². The van der Waals surface area contributed by atoms with Crippen LogP contribution in [0.4, 0.5) is 0 Å². The van der Waals surface area contributed by atoms with Gasteiger partial charge in [-0.05, 0) is 40.7 Å². The molecule has 0 amide bonds. The molecular weight excluding hydrogens is 380 g/mol. The second-order valence-electron chi connectivity index (χ2n) is 7.30. The summed E-state index contributed by atoms with van der Waals surface area (Å²) in [5, 5.41) is 0. The Labute approximate surface area is 171 Å². The third-order valence-corrected chi connectivity index (χ3v) is 6.43. The second kappa shape index (κ2) is 7.82. The molecule has 0 spiro atoms. The highest BCUT2D eigenvalue weighted by atomic mass is 32.2. The van der Waals surface area contributed by atoms with Gasteiger partial charge in [-0.3, -0.25) is 4.55 Å². The fourth-order valence-corrected chi connectivity index (χ4v) is 5.11. The Balaban J connectivity index is 1.94. The quantitative estimate of drug-likeness (QED) is 0.580. The van der Waals surface area contributed by atoms with Crippen LogP contribution in [-0.4, -0.2) is 13.0 Å². The van der Waals surface area contributed by atoms with Gasteiger partial charge in [0.25, 0.3) is 10.1 Å². The van der Waals surface area contributed by atoms with Crippen LogP contribution < -0.4 is 0 Å². The fraction of sp³-hybridized carbons (Fsp3) is 0.120. The third-order valence-electron chi connectivity index (χ3n) is 5.43. The minimum Gasteiger partial charge on any atom is -0.282 e. The third kappa shape index (κ3) is 3.95. The summed E-state index contributed by atoms with van der Waals surface area (Å²) in [4.78, 5) is 0.0188. The van der Waals surface area contributed by atoms with Gasteiger partial charge in [0.2, 0.25) is 0 Å². The van der Waals surface area contributed by atoms with Crippen LogP contribution in [0.15, 0.2) is 97.1 Å². The van der Waals surface area contributed by atoms with E-state index in [0.717, 1.165) is 22.3 Å². The molecule has 29 heavy (non-hydrogen) atoms. The topological polar surface area (TPSA) is 54.4 Å². The zero-order chi connectivity index (χ0) is 20.4. The van der Waals surface area contributed by atoms with Gasteiger partial charge in [-0.15, -0.1) is 0 Å². The predicted octanol–water partition coefficient (Wildman–Crippen LogP) is 5.41. The van der Waals surface area contributed by atoms with Crippen LogP contribution >= 0.6 is 0 Å². The number of benzene rings is 3. The number of allylic oxidation sites excluding steroid dienone is 2. The summed E-state index contributed by atoms with van der Waals surface area (Å²) in [5.41, 5.74) is 4.95. The van der Waals surface area contributed by atoms with Crippen LogP contribution in [0.3, 0.4) is 0 Å². The van der Waals surface area contributed by atoms with Crippen molar-refractivity contribution in [1.82, 2.24) is 0 Å². The molecule has 0 saturated carbocycles. The number of hydrogen-bond acceptors (Lipinski definition) is 2. The Bertz CT molecular complexity index is 1180. The van der Waals surface area contributed by atoms with Gasteiger partial charge in [-0.25, -0.2) is 0 Å². The summed E-state index contributed by atoms with van der Waals surface area (Å²) in [6.45, 7) is 4.33. The highest BCUT2D eigenvalue weighted by Crippen LogP contribution is 2.45. The molecule has 1 atom stereocenters. The van der Waals surface area contributed by atoms with Crippen molar-refractivity contribution in [3.63, 3.8) is 0 Å². The van der Waals surface area contributed by atoms with E-state index >= 15 is 0 Å². The average molecular weight is 403 g/mol. The van der Waals surface area contributed by atoms with Gasteiger partial charge >= 0.3 is 0 Å². The Morgan fingerprint density at radius 3 is 1.86 bits per heavy atom. The molecule has 4 rings (SSSR count). The average Bonchev–Trinajstić information content (AvgIpc) is 2.71. The molecule has 3 aromatic rings. The van der Waals surface area contributed by atoms with E-state index in [1.165, 1.54) is 0 Å². The molecule has 1 aliphatic carbocycles. The largest absolute Gasteiger partial charge is 0.295 e. The van der Waals surface area contributed by atoms with Gasteiger partial charge in [0, 0.05) is 11.5 Å². The molecule has 0 aromatic heterocycles. The molecule has 0 saturated heterocycles. The van der Waals surface area contributed by atoms with Gasteiger partial charge in [0.15, 0.2) is 0 Å². The molecule has 0 aliphatic heterocycles. The van der Waals surface area contributed by atoms with Crippen molar-refractivity contribution in [3.8, 4) is 0 Å². The molecule has 3 aromatic carbocycles. The van der Waals surface area contributed by atoms with E-state index in [9.17, 15) is 13.0 Å². The van der Waals surface area contributed by atoms with E-state index in [4.69, 9.17) is 0 Å². The summed E-state index contributed by atoms with van der Waals surface area (Å²) in [5.74, 6) is -0.218. The molecule has 0 bridgehead atoms. The lowest BCUT2D eigenvalue weighted by Crippen LogP contribution is -2.22. The normalized spacial score (nSPS) is 16.6. The molecule has 146 valence electrons. The summed E-state index contributed by atoms with van der Waals surface area (Å²) < 4.78 is 35.2. The Kier molecular flexibility index (Phi) is 5.22. The lowest BCUT2D eigenvalue weighted by atomic mass is 9.75. The van der Waals surface area contributed by atoms with Gasteiger partial charge in [0.05, 0.1) is 0 Å². The van der Waals surface area contributed by atoms with Crippen molar-refractivity contribution in [3.05, 3.63) is 119 Å². The standard InChI is InChI=1S/C25H22O3S/c1-18-21-14-8-9-15-22(21)25(29(26,27)28)24(17-20-12-6-3-7-13-20)23(18)16-19-10-4-2-5-11-19/h2-15,23H,1,16-17H2,(H,26,27,28). The van der Waals surface area contributed by atoms with Crippen LogP contribution in [0, 0.1) is 5.92 Å². The first-order valence-electron chi connectivity index (χ1n) is 9.52. The highest BCUT2D eigenvalue weighted by Gasteiger charge is 2.35. The summed E-state index contributed by atoms with van der Waals surface area (Å²) in [6.07, 6.45) is 1.05. The minimum absolute atomic E-state index is 0.0188. The van der Waals surface area contributed by atoms with Gasteiger partial charge in [0.1, 0.15) is 4.91 Å². The molecule has 0 fully saturated rings. The lowest BCUT2D eigenvalue weighted by Gasteiger charge is -2.32. The van der Waals surface area contributed by atoms with Crippen molar-refractivity contribution in [2.45, 2.75) is 12.8 Å². The van der Waals surface area contributed by atoms with E-state index in [-0.39, 0.29) is 10.8 Å². The zero-order valence-corrected chi connectivity index (χ0v) is 16.8. The predicted molar refractivity (Wildman–Crippen MR) is 118 cm³/mol. The van der Waals surface area contributed by atoms with E-state index < -0.39 is 10.1 Å². The lowest BCUT2D eigenvalue weighted by molar-refractivity contribution is 0.495. The summed E-state index contributed by atoms with van der Waals surface area (Å²) >= 11 is 0. The highest BCUT2D eigenvalue weighted by molar-refractivity contribution is 7.95. The van der Waals surface area contributed by atoms with E-state index in [1.54, 1.807) is 12.1 Å². The number of rotatable bonds is 5. The summed E-state index contributed by atoms with van der Waals surface area (Å²) in [6, 6.07) is 27.0. The molecule has 0 heterocycles. The SMILES string of the molecule is C=C1c2ccccc2C(S(=O)(=O)O)=C(Cc2ccccc2)C1Cc1ccccc1. The Morgan fingerprint density at radius 2 is 1.28 bits per heavy atom. The maximum Gasteiger partial charge on any atom is 0.295 e. The molecular formula is C25H22O3S. The monoisotopic (exact) mass is 402 g/mol. The van der Waals surface area contributed by atoms with Crippen molar-refractivity contribution >= 4 is 20.6 Å². The van der Waals surface area contributed by atoms with Crippen molar-refractivity contribution < 1.29 is 13.0 Å². The number of hydrogen-bond donors (Lipinski definition) is 1. The Morgan fingerprint density at radius 1 is 0.759 bits per heavy atom. The maximum absolute atomic E-state index is 12.5. The van der Waals surface area contributed by atoms with Gasteiger partial charge < -0.3 is 0 Å². The smallest absolute Gasteiger partial charge is 0.282 e. The molecule has 3 nitrogen and oxygen atoms in total. The van der Waals surface area contributed by atoms with E-state index in [1.807, 2.05) is 72.8 Å². The molecule has 4 heteroatoms. The van der Waals surface area contributed by atoms with Crippen molar-refractivity contribution in [1.29, 1.82) is 0 Å². The first-order valence-corrected chi connectivity index (χ1v) is 11.0. The maximum atomic E-state index is 12.5. The minimum atomic E-state index is -4.42. The second-order valence-corrected chi connectivity index (χ2v) is 8.66.